The molecule has 0 heterocycles. The molecule has 94 valence electrons. The molecule has 0 spiro atoms. The minimum absolute atomic E-state index is 0.302. The second-order valence-electron chi connectivity index (χ2n) is 4.18. The maximum Gasteiger partial charge on any atom is 0.115 e. The minimum atomic E-state index is -0.398. The van der Waals surface area contributed by atoms with Crippen molar-refractivity contribution >= 4 is 18.5 Å². The molecule has 0 bridgehead atoms. The molecule has 0 aliphatic rings. The van der Waals surface area contributed by atoms with Crippen LogP contribution in [0.5, 0.6) is 11.5 Å². The van der Waals surface area contributed by atoms with Gasteiger partial charge in [0.05, 0.1) is 0 Å². The van der Waals surface area contributed by atoms with Crippen LogP contribution >= 0.6 is 7.92 Å². The number of phenols is 2. The first-order chi connectivity index (χ1) is 8.70. The standard InChI is InChI=1S/C15H17O2P/c1-2-11-18(14-7-3-12(16)4-8-14)15-9-5-13(17)6-10-15/h3-10,16-17H,2,11H2,1H3. The van der Waals surface area contributed by atoms with Gasteiger partial charge in [0.15, 0.2) is 0 Å². The van der Waals surface area contributed by atoms with Crippen LogP contribution in [0.15, 0.2) is 48.5 Å². The van der Waals surface area contributed by atoms with E-state index >= 15 is 0 Å². The topological polar surface area (TPSA) is 40.5 Å². The van der Waals surface area contributed by atoms with Gasteiger partial charge in [0, 0.05) is 0 Å². The first kappa shape index (κ1) is 12.9. The molecule has 2 N–H and O–H groups in total. The summed E-state index contributed by atoms with van der Waals surface area (Å²) in [5.74, 6) is 0.604. The van der Waals surface area contributed by atoms with E-state index in [1.54, 1.807) is 24.3 Å². The highest BCUT2D eigenvalue weighted by Gasteiger charge is 2.12. The molecule has 2 aromatic carbocycles. The molecule has 2 aromatic rings. The van der Waals surface area contributed by atoms with Crippen molar-refractivity contribution in [3.8, 4) is 11.5 Å². The lowest BCUT2D eigenvalue weighted by molar-refractivity contribution is 0.475. The molecule has 2 nitrogen and oxygen atoms in total. The van der Waals surface area contributed by atoms with Gasteiger partial charge in [-0.05, 0) is 49.0 Å². The van der Waals surface area contributed by atoms with E-state index in [1.165, 1.54) is 10.6 Å². The maximum atomic E-state index is 9.35. The van der Waals surface area contributed by atoms with Crippen LogP contribution in [0.2, 0.25) is 0 Å². The highest BCUT2D eigenvalue weighted by Crippen LogP contribution is 2.35. The molecular formula is C15H17O2P. The lowest BCUT2D eigenvalue weighted by Gasteiger charge is -2.18. The van der Waals surface area contributed by atoms with E-state index in [0.29, 0.717) is 11.5 Å². The fourth-order valence-electron chi connectivity index (χ4n) is 1.90. The average molecular weight is 260 g/mol. The Kier molecular flexibility index (Phi) is 4.22. The van der Waals surface area contributed by atoms with Crippen molar-refractivity contribution < 1.29 is 10.2 Å². The second-order valence-corrected chi connectivity index (χ2v) is 6.52. The van der Waals surface area contributed by atoms with Crippen LogP contribution in [-0.4, -0.2) is 16.4 Å². The molecule has 0 aromatic heterocycles. The van der Waals surface area contributed by atoms with Crippen molar-refractivity contribution in [3.05, 3.63) is 48.5 Å². The maximum absolute atomic E-state index is 9.35. The van der Waals surface area contributed by atoms with Gasteiger partial charge >= 0.3 is 0 Å². The molecule has 0 saturated carbocycles. The summed E-state index contributed by atoms with van der Waals surface area (Å²) in [4.78, 5) is 0. The number of benzene rings is 2. The summed E-state index contributed by atoms with van der Waals surface area (Å²) >= 11 is 0. The predicted molar refractivity (Wildman–Crippen MR) is 77.6 cm³/mol. The Balaban J connectivity index is 2.33. The summed E-state index contributed by atoms with van der Waals surface area (Å²) < 4.78 is 0. The number of phenolic OH excluding ortho intramolecular Hbond substituents is 2. The van der Waals surface area contributed by atoms with E-state index in [4.69, 9.17) is 0 Å². The van der Waals surface area contributed by atoms with Gasteiger partial charge < -0.3 is 10.2 Å². The highest BCUT2D eigenvalue weighted by molar-refractivity contribution is 7.73. The normalized spacial score (nSPS) is 10.8. The third-order valence-corrected chi connectivity index (χ3v) is 5.51. The summed E-state index contributed by atoms with van der Waals surface area (Å²) in [5, 5.41) is 21.2. The molecular weight excluding hydrogens is 243 g/mol. The smallest absolute Gasteiger partial charge is 0.115 e. The Morgan fingerprint density at radius 1 is 0.778 bits per heavy atom. The fourth-order valence-corrected chi connectivity index (χ4v) is 4.18. The van der Waals surface area contributed by atoms with Gasteiger partial charge in [-0.15, -0.1) is 0 Å². The minimum Gasteiger partial charge on any atom is -0.508 e. The van der Waals surface area contributed by atoms with Crippen molar-refractivity contribution in [2.45, 2.75) is 13.3 Å². The molecule has 0 aliphatic carbocycles. The summed E-state index contributed by atoms with van der Waals surface area (Å²) in [6, 6.07) is 14.9. The molecule has 0 atom stereocenters. The lowest BCUT2D eigenvalue weighted by atomic mass is 10.3. The molecule has 0 radical (unpaired) electrons. The molecule has 18 heavy (non-hydrogen) atoms. The van der Waals surface area contributed by atoms with Crippen LogP contribution in [0, 0.1) is 0 Å². The lowest BCUT2D eigenvalue weighted by Crippen LogP contribution is -2.13. The molecule has 0 saturated heterocycles. The number of aromatic hydroxyl groups is 2. The summed E-state index contributed by atoms with van der Waals surface area (Å²) in [6.45, 7) is 2.18. The van der Waals surface area contributed by atoms with E-state index in [9.17, 15) is 10.2 Å². The Hall–Kier alpha value is -1.53. The van der Waals surface area contributed by atoms with E-state index in [-0.39, 0.29) is 0 Å². The first-order valence-corrected chi connectivity index (χ1v) is 7.59. The van der Waals surface area contributed by atoms with Crippen LogP contribution in [0.1, 0.15) is 13.3 Å². The van der Waals surface area contributed by atoms with E-state index < -0.39 is 7.92 Å². The number of hydrogen-bond acceptors (Lipinski definition) is 2. The molecule has 2 rings (SSSR count). The Bertz CT molecular complexity index is 445. The number of hydrogen-bond donors (Lipinski definition) is 2. The first-order valence-electron chi connectivity index (χ1n) is 6.06. The van der Waals surface area contributed by atoms with Crippen molar-refractivity contribution in [2.75, 3.05) is 6.16 Å². The molecule has 0 amide bonds. The van der Waals surface area contributed by atoms with Crippen LogP contribution in [0.3, 0.4) is 0 Å². The van der Waals surface area contributed by atoms with Crippen molar-refractivity contribution in [1.82, 2.24) is 0 Å². The monoisotopic (exact) mass is 260 g/mol. The Morgan fingerprint density at radius 3 is 1.50 bits per heavy atom. The zero-order chi connectivity index (χ0) is 13.0. The summed E-state index contributed by atoms with van der Waals surface area (Å²) in [7, 11) is -0.398. The van der Waals surface area contributed by atoms with Gasteiger partial charge in [0.2, 0.25) is 0 Å². The molecule has 0 aliphatic heterocycles. The van der Waals surface area contributed by atoms with Gasteiger partial charge in [0.1, 0.15) is 11.5 Å². The van der Waals surface area contributed by atoms with Crippen molar-refractivity contribution in [1.29, 1.82) is 0 Å². The quantitative estimate of drug-likeness (QED) is 0.830. The van der Waals surface area contributed by atoms with Gasteiger partial charge in [0.25, 0.3) is 0 Å². The SMILES string of the molecule is CCCP(c1ccc(O)cc1)c1ccc(O)cc1. The van der Waals surface area contributed by atoms with E-state index in [2.05, 4.69) is 6.92 Å². The van der Waals surface area contributed by atoms with Crippen LogP contribution < -0.4 is 10.6 Å². The van der Waals surface area contributed by atoms with E-state index in [1.807, 2.05) is 24.3 Å². The molecule has 0 unspecified atom stereocenters. The van der Waals surface area contributed by atoms with Gasteiger partial charge in [-0.3, -0.25) is 0 Å². The summed E-state index contributed by atoms with van der Waals surface area (Å²) in [6.07, 6.45) is 2.23. The largest absolute Gasteiger partial charge is 0.508 e. The van der Waals surface area contributed by atoms with Crippen LogP contribution in [0.4, 0.5) is 0 Å². The number of rotatable bonds is 4. The van der Waals surface area contributed by atoms with Crippen LogP contribution in [-0.2, 0) is 0 Å². The zero-order valence-electron chi connectivity index (χ0n) is 10.4. The Morgan fingerprint density at radius 2 is 1.17 bits per heavy atom. The fraction of sp³-hybridized carbons (Fsp3) is 0.200. The predicted octanol–water partition coefficient (Wildman–Crippen LogP) is 2.94. The summed E-state index contributed by atoms with van der Waals surface area (Å²) in [5.41, 5.74) is 0. The van der Waals surface area contributed by atoms with Gasteiger partial charge in [-0.1, -0.05) is 37.6 Å². The Labute approximate surface area is 109 Å². The van der Waals surface area contributed by atoms with Crippen LogP contribution in [0.25, 0.3) is 0 Å². The zero-order valence-corrected chi connectivity index (χ0v) is 11.3. The van der Waals surface area contributed by atoms with Gasteiger partial charge in [-0.2, -0.15) is 0 Å². The van der Waals surface area contributed by atoms with Crippen molar-refractivity contribution in [2.24, 2.45) is 0 Å². The highest BCUT2D eigenvalue weighted by atomic mass is 31.1. The third-order valence-electron chi connectivity index (χ3n) is 2.77. The average Bonchev–Trinajstić information content (AvgIpc) is 2.39. The third kappa shape index (κ3) is 3.02. The second kappa shape index (κ2) is 5.88. The van der Waals surface area contributed by atoms with Crippen molar-refractivity contribution in [3.63, 3.8) is 0 Å². The van der Waals surface area contributed by atoms with Gasteiger partial charge in [-0.25, -0.2) is 0 Å². The molecule has 0 fully saturated rings. The van der Waals surface area contributed by atoms with E-state index in [0.717, 1.165) is 12.6 Å². The molecule has 3 heteroatoms.